The van der Waals surface area contributed by atoms with Crippen molar-refractivity contribution >= 4 is 11.8 Å². The van der Waals surface area contributed by atoms with Gasteiger partial charge in [0.1, 0.15) is 11.9 Å². The second-order valence-electron chi connectivity index (χ2n) is 7.35. The Kier molecular flexibility index (Phi) is 7.02. The van der Waals surface area contributed by atoms with E-state index in [0.29, 0.717) is 5.92 Å². The van der Waals surface area contributed by atoms with Gasteiger partial charge >= 0.3 is 0 Å². The smallest absolute Gasteiger partial charge is 0.245 e. The van der Waals surface area contributed by atoms with Gasteiger partial charge in [0.05, 0.1) is 0 Å². The Balaban J connectivity index is 1.95. The third kappa shape index (κ3) is 5.06. The van der Waals surface area contributed by atoms with Crippen molar-refractivity contribution in [2.45, 2.75) is 71.9 Å². The summed E-state index contributed by atoms with van der Waals surface area (Å²) in [6, 6.07) is -0.430. The number of carbonyl (C=O) groups excluding carboxylic acids is 2. The van der Waals surface area contributed by atoms with Crippen LogP contribution in [0.1, 0.15) is 65.1 Å². The number of likely N-dealkylation sites (tertiary alicyclic amines) is 1. The first-order valence-corrected chi connectivity index (χ1v) is 9.51. The predicted molar refractivity (Wildman–Crippen MR) is 98.1 cm³/mol. The van der Waals surface area contributed by atoms with Crippen molar-refractivity contribution in [1.29, 1.82) is 0 Å². The molecule has 2 amide bonds. The van der Waals surface area contributed by atoms with Gasteiger partial charge in [-0.3, -0.25) is 9.59 Å². The van der Waals surface area contributed by atoms with Crippen LogP contribution < -0.4 is 5.32 Å². The van der Waals surface area contributed by atoms with Gasteiger partial charge < -0.3 is 14.8 Å². The summed E-state index contributed by atoms with van der Waals surface area (Å²) in [6.07, 6.45) is 8.14. The summed E-state index contributed by atoms with van der Waals surface area (Å²) in [5.74, 6) is 1.54. The Morgan fingerprint density at radius 2 is 2.00 bits per heavy atom. The molecule has 0 saturated carbocycles. The quantitative estimate of drug-likeness (QED) is 0.823. The molecule has 0 bridgehead atoms. The molecule has 1 atom stereocenters. The maximum atomic E-state index is 12.8. The van der Waals surface area contributed by atoms with Crippen LogP contribution in [0.5, 0.6) is 0 Å². The maximum Gasteiger partial charge on any atom is 0.245 e. The number of hydrogen-bond donors (Lipinski definition) is 1. The van der Waals surface area contributed by atoms with Crippen LogP contribution in [0.3, 0.4) is 0 Å². The summed E-state index contributed by atoms with van der Waals surface area (Å²) in [4.78, 5) is 30.6. The van der Waals surface area contributed by atoms with Gasteiger partial charge in [0, 0.05) is 44.9 Å². The van der Waals surface area contributed by atoms with E-state index >= 15 is 0 Å². The fourth-order valence-electron chi connectivity index (χ4n) is 3.49. The Morgan fingerprint density at radius 3 is 2.56 bits per heavy atom. The molecule has 1 aliphatic rings. The number of carbonyl (C=O) groups is 2. The minimum absolute atomic E-state index is 0.0398. The van der Waals surface area contributed by atoms with E-state index in [4.69, 9.17) is 0 Å². The van der Waals surface area contributed by atoms with E-state index in [-0.39, 0.29) is 17.7 Å². The number of nitrogens with zero attached hydrogens (tertiary/aromatic N) is 3. The van der Waals surface area contributed by atoms with Crippen molar-refractivity contribution in [1.82, 2.24) is 19.8 Å². The summed E-state index contributed by atoms with van der Waals surface area (Å²) >= 11 is 0. The fraction of sp³-hybridized carbons (Fsp3) is 0.737. The van der Waals surface area contributed by atoms with Gasteiger partial charge in [-0.25, -0.2) is 4.98 Å². The molecule has 1 aromatic heterocycles. The number of imidazole rings is 1. The highest BCUT2D eigenvalue weighted by Crippen LogP contribution is 2.27. The molecule has 140 valence electrons. The number of nitrogens with one attached hydrogen (secondary N) is 1. The average molecular weight is 348 g/mol. The summed E-state index contributed by atoms with van der Waals surface area (Å²) < 4.78 is 2.26. The van der Waals surface area contributed by atoms with Crippen LogP contribution in [-0.4, -0.2) is 45.4 Å². The molecule has 0 aliphatic carbocycles. The van der Waals surface area contributed by atoms with Gasteiger partial charge in [0.15, 0.2) is 0 Å². The van der Waals surface area contributed by atoms with Crippen molar-refractivity contribution in [2.75, 3.05) is 13.1 Å². The maximum absolute atomic E-state index is 12.8. The molecular formula is C19H32N4O2. The largest absolute Gasteiger partial charge is 0.344 e. The second kappa shape index (κ2) is 9.02. The highest BCUT2D eigenvalue weighted by atomic mass is 16.2. The number of amides is 2. The molecule has 0 radical (unpaired) electrons. The number of rotatable bonds is 7. The minimum Gasteiger partial charge on any atom is -0.344 e. The Labute approximate surface area is 151 Å². The lowest BCUT2D eigenvalue weighted by Gasteiger charge is -2.35. The van der Waals surface area contributed by atoms with E-state index in [2.05, 4.69) is 28.0 Å². The molecule has 2 heterocycles. The third-order valence-corrected chi connectivity index (χ3v) is 4.96. The molecule has 0 aromatic carbocycles. The van der Waals surface area contributed by atoms with Gasteiger partial charge in [-0.2, -0.15) is 0 Å². The van der Waals surface area contributed by atoms with E-state index in [1.807, 2.05) is 24.9 Å². The molecule has 1 N–H and O–H groups in total. The number of piperidine rings is 1. The van der Waals surface area contributed by atoms with Gasteiger partial charge in [-0.15, -0.1) is 0 Å². The topological polar surface area (TPSA) is 67.2 Å². The number of aromatic nitrogens is 2. The van der Waals surface area contributed by atoms with E-state index in [9.17, 15) is 9.59 Å². The van der Waals surface area contributed by atoms with Crippen molar-refractivity contribution in [3.05, 3.63) is 18.2 Å². The van der Waals surface area contributed by atoms with Crippen LogP contribution >= 0.6 is 0 Å². The molecule has 6 heteroatoms. The summed E-state index contributed by atoms with van der Waals surface area (Å²) in [5.41, 5.74) is 0. The Hall–Kier alpha value is -1.85. The molecule has 2 rings (SSSR count). The molecule has 1 saturated heterocycles. The number of aryl methyl sites for hydroxylation is 1. The number of unbranched alkanes of at least 4 members (excludes halogenated alkanes) is 1. The third-order valence-electron chi connectivity index (χ3n) is 4.96. The first-order valence-electron chi connectivity index (χ1n) is 9.51. The van der Waals surface area contributed by atoms with E-state index < -0.39 is 6.04 Å². The zero-order chi connectivity index (χ0) is 18.4. The van der Waals surface area contributed by atoms with Crippen molar-refractivity contribution in [2.24, 2.45) is 5.92 Å². The van der Waals surface area contributed by atoms with Crippen LogP contribution in [0.15, 0.2) is 12.4 Å². The Bertz CT molecular complexity index is 574. The SMILES string of the molecule is CCCCn1ccnc1C1CCN(C(=O)[C@@H](NC(C)=O)C(C)C)CC1. The molecule has 1 aliphatic heterocycles. The van der Waals surface area contributed by atoms with E-state index in [0.717, 1.165) is 44.7 Å². The summed E-state index contributed by atoms with van der Waals surface area (Å²) in [5, 5.41) is 2.80. The standard InChI is InChI=1S/C19H32N4O2/c1-5-6-10-22-13-9-20-18(22)16-7-11-23(12-8-16)19(25)17(14(2)3)21-15(4)24/h9,13-14,16-17H,5-8,10-12H2,1-4H3,(H,21,24)/t17-/m0/s1. The van der Waals surface area contributed by atoms with Gasteiger partial charge in [0.2, 0.25) is 11.8 Å². The minimum atomic E-state index is -0.430. The molecule has 6 nitrogen and oxygen atoms in total. The molecule has 0 spiro atoms. The van der Waals surface area contributed by atoms with Crippen LogP contribution in [0, 0.1) is 5.92 Å². The van der Waals surface area contributed by atoms with Crippen LogP contribution in [0.2, 0.25) is 0 Å². The van der Waals surface area contributed by atoms with Crippen LogP contribution in [0.25, 0.3) is 0 Å². The summed E-state index contributed by atoms with van der Waals surface area (Å²) in [6.45, 7) is 10.1. The lowest BCUT2D eigenvalue weighted by atomic mass is 9.94. The fourth-order valence-corrected chi connectivity index (χ4v) is 3.49. The highest BCUT2D eigenvalue weighted by molar-refractivity contribution is 5.87. The van der Waals surface area contributed by atoms with Gasteiger partial charge in [0.25, 0.3) is 0 Å². The highest BCUT2D eigenvalue weighted by Gasteiger charge is 2.31. The zero-order valence-electron chi connectivity index (χ0n) is 16.0. The zero-order valence-corrected chi connectivity index (χ0v) is 16.0. The number of hydrogen-bond acceptors (Lipinski definition) is 3. The molecule has 1 aromatic rings. The van der Waals surface area contributed by atoms with Crippen molar-refractivity contribution in [3.8, 4) is 0 Å². The van der Waals surface area contributed by atoms with Crippen molar-refractivity contribution in [3.63, 3.8) is 0 Å². The predicted octanol–water partition coefficient (Wildman–Crippen LogP) is 2.55. The molecule has 0 unspecified atom stereocenters. The van der Waals surface area contributed by atoms with Crippen LogP contribution in [-0.2, 0) is 16.1 Å². The van der Waals surface area contributed by atoms with E-state index in [1.54, 1.807) is 0 Å². The first-order chi connectivity index (χ1) is 11.9. The molecular weight excluding hydrogens is 316 g/mol. The first kappa shape index (κ1) is 19.5. The van der Waals surface area contributed by atoms with Gasteiger partial charge in [-0.1, -0.05) is 27.2 Å². The summed E-state index contributed by atoms with van der Waals surface area (Å²) in [7, 11) is 0. The van der Waals surface area contributed by atoms with Crippen molar-refractivity contribution < 1.29 is 9.59 Å². The lowest BCUT2D eigenvalue weighted by Crippen LogP contribution is -2.52. The van der Waals surface area contributed by atoms with E-state index in [1.165, 1.54) is 13.3 Å². The molecule has 1 fully saturated rings. The van der Waals surface area contributed by atoms with Crippen LogP contribution in [0.4, 0.5) is 0 Å². The lowest BCUT2D eigenvalue weighted by molar-refractivity contribution is -0.138. The Morgan fingerprint density at radius 1 is 1.32 bits per heavy atom. The monoisotopic (exact) mass is 348 g/mol. The average Bonchev–Trinajstić information content (AvgIpc) is 3.05. The molecule has 25 heavy (non-hydrogen) atoms. The van der Waals surface area contributed by atoms with Gasteiger partial charge in [-0.05, 0) is 25.2 Å². The second-order valence-corrected chi connectivity index (χ2v) is 7.35. The normalized spacial score (nSPS) is 16.9.